The average Bonchev–Trinajstić information content (AvgIpc) is 3.03. The van der Waals surface area contributed by atoms with Gasteiger partial charge in [-0.05, 0) is 31.5 Å². The number of nitrogens with zero attached hydrogens (tertiary/aromatic N) is 4. The van der Waals surface area contributed by atoms with Crippen LogP contribution in [0.4, 0.5) is 0 Å². The van der Waals surface area contributed by atoms with Gasteiger partial charge in [0, 0.05) is 18.3 Å². The Morgan fingerprint density at radius 1 is 1.32 bits per heavy atom. The lowest BCUT2D eigenvalue weighted by Crippen LogP contribution is -2.30. The van der Waals surface area contributed by atoms with Crippen LogP contribution in [0.25, 0.3) is 16.9 Å². The number of aromatic nitrogens is 3. The van der Waals surface area contributed by atoms with Crippen molar-refractivity contribution in [3.63, 3.8) is 0 Å². The van der Waals surface area contributed by atoms with Crippen LogP contribution < -0.4 is 4.72 Å². The van der Waals surface area contributed by atoms with Gasteiger partial charge in [0.15, 0.2) is 5.65 Å². The average molecular weight is 355 g/mol. The minimum Gasteiger partial charge on any atom is -0.236 e. The Hall–Kier alpha value is -2.76. The largest absolute Gasteiger partial charge is 0.236 e. The highest BCUT2D eigenvalue weighted by atomic mass is 32.2. The third-order valence-electron chi connectivity index (χ3n) is 3.84. The summed E-state index contributed by atoms with van der Waals surface area (Å²) in [6.07, 6.45) is 3.10. The molecule has 1 aromatic carbocycles. The minimum atomic E-state index is -3.32. The van der Waals surface area contributed by atoms with Gasteiger partial charge >= 0.3 is 0 Å². The maximum Gasteiger partial charge on any atom is 0.214 e. The number of benzene rings is 1. The summed E-state index contributed by atoms with van der Waals surface area (Å²) in [5.74, 6) is 0. The third-order valence-corrected chi connectivity index (χ3v) is 5.63. The van der Waals surface area contributed by atoms with Gasteiger partial charge in [0.05, 0.1) is 17.1 Å². The number of hydrogen-bond acceptors (Lipinski definition) is 5. The molecule has 1 N–H and O–H groups in total. The second-order valence-electron chi connectivity index (χ2n) is 5.85. The van der Waals surface area contributed by atoms with Gasteiger partial charge in [-0.15, -0.1) is 0 Å². The van der Waals surface area contributed by atoms with E-state index in [1.165, 1.54) is 6.20 Å². The molecule has 7 nitrogen and oxygen atoms in total. The second kappa shape index (κ2) is 6.63. The van der Waals surface area contributed by atoms with Gasteiger partial charge in [-0.3, -0.25) is 0 Å². The highest BCUT2D eigenvalue weighted by Crippen LogP contribution is 2.22. The fraction of sp³-hybridized carbons (Fsp3) is 0.235. The lowest BCUT2D eigenvalue weighted by molar-refractivity contribution is 0.572. The van der Waals surface area contributed by atoms with Crippen molar-refractivity contribution in [3.05, 3.63) is 53.9 Å². The van der Waals surface area contributed by atoms with Crippen LogP contribution in [0.1, 0.15) is 25.0 Å². The van der Waals surface area contributed by atoms with E-state index >= 15 is 0 Å². The van der Waals surface area contributed by atoms with E-state index in [2.05, 4.69) is 20.9 Å². The molecule has 2 heterocycles. The number of nitriles is 1. The minimum absolute atomic E-state index is 0.213. The Morgan fingerprint density at radius 2 is 2.12 bits per heavy atom. The van der Waals surface area contributed by atoms with E-state index in [0.717, 1.165) is 16.8 Å². The summed E-state index contributed by atoms with van der Waals surface area (Å²) in [5, 5.41) is 12.9. The first-order valence-corrected chi connectivity index (χ1v) is 9.27. The SMILES string of the molecule is CC(C)S(=O)(=O)NCc1cccc(-c2ccnc3c(C#N)cnn23)c1. The number of rotatable bonds is 5. The zero-order chi connectivity index (χ0) is 18.0. The van der Waals surface area contributed by atoms with E-state index in [1.54, 1.807) is 30.6 Å². The third kappa shape index (κ3) is 3.38. The highest BCUT2D eigenvalue weighted by Gasteiger charge is 2.15. The Kier molecular flexibility index (Phi) is 4.53. The van der Waals surface area contributed by atoms with Crippen LogP contribution in [0.5, 0.6) is 0 Å². The summed E-state index contributed by atoms with van der Waals surface area (Å²) in [5.41, 5.74) is 3.37. The van der Waals surface area contributed by atoms with Gasteiger partial charge in [-0.1, -0.05) is 18.2 Å². The molecule has 0 radical (unpaired) electrons. The molecule has 0 saturated carbocycles. The molecule has 0 aliphatic rings. The zero-order valence-corrected chi connectivity index (χ0v) is 14.7. The van der Waals surface area contributed by atoms with Crippen molar-refractivity contribution in [2.75, 3.05) is 0 Å². The van der Waals surface area contributed by atoms with Crippen LogP contribution in [0, 0.1) is 11.3 Å². The van der Waals surface area contributed by atoms with Crippen molar-refractivity contribution < 1.29 is 8.42 Å². The summed E-state index contributed by atoms with van der Waals surface area (Å²) in [6, 6.07) is 11.4. The molecule has 8 heteroatoms. The maximum absolute atomic E-state index is 11.9. The van der Waals surface area contributed by atoms with E-state index < -0.39 is 15.3 Å². The molecule has 3 aromatic rings. The van der Waals surface area contributed by atoms with E-state index in [-0.39, 0.29) is 6.54 Å². The number of fused-ring (bicyclic) bond motifs is 1. The predicted octanol–water partition coefficient (Wildman–Crippen LogP) is 2.10. The van der Waals surface area contributed by atoms with Crippen LogP contribution in [0.3, 0.4) is 0 Å². The van der Waals surface area contributed by atoms with E-state index in [4.69, 9.17) is 5.26 Å². The van der Waals surface area contributed by atoms with Crippen molar-refractivity contribution >= 4 is 15.7 Å². The Balaban J connectivity index is 1.95. The molecule has 3 rings (SSSR count). The molecule has 0 spiro atoms. The van der Waals surface area contributed by atoms with Crippen molar-refractivity contribution in [2.24, 2.45) is 0 Å². The van der Waals surface area contributed by atoms with Crippen LogP contribution in [-0.4, -0.2) is 28.3 Å². The van der Waals surface area contributed by atoms with E-state index in [9.17, 15) is 8.42 Å². The van der Waals surface area contributed by atoms with Gasteiger partial charge in [0.2, 0.25) is 10.0 Å². The van der Waals surface area contributed by atoms with Crippen molar-refractivity contribution in [1.82, 2.24) is 19.3 Å². The summed E-state index contributed by atoms with van der Waals surface area (Å²) in [4.78, 5) is 4.19. The lowest BCUT2D eigenvalue weighted by atomic mass is 10.1. The molecule has 128 valence electrons. The Bertz CT molecular complexity index is 1060. The Labute approximate surface area is 146 Å². The molecule has 0 aliphatic heterocycles. The van der Waals surface area contributed by atoms with Gasteiger partial charge in [0.1, 0.15) is 11.6 Å². The van der Waals surface area contributed by atoms with Crippen LogP contribution >= 0.6 is 0 Å². The van der Waals surface area contributed by atoms with Gasteiger partial charge in [-0.2, -0.15) is 10.4 Å². The quantitative estimate of drug-likeness (QED) is 0.755. The summed E-state index contributed by atoms with van der Waals surface area (Å²) in [7, 11) is -3.32. The zero-order valence-electron chi connectivity index (χ0n) is 13.8. The maximum atomic E-state index is 11.9. The van der Waals surface area contributed by atoms with Crippen molar-refractivity contribution in [2.45, 2.75) is 25.6 Å². The smallest absolute Gasteiger partial charge is 0.214 e. The first kappa shape index (κ1) is 17.1. The van der Waals surface area contributed by atoms with E-state index in [1.807, 2.05) is 24.3 Å². The van der Waals surface area contributed by atoms with Crippen LogP contribution in [0.15, 0.2) is 42.7 Å². The predicted molar refractivity (Wildman–Crippen MR) is 94.0 cm³/mol. The molecule has 2 aromatic heterocycles. The molecule has 0 fully saturated rings. The number of hydrogen-bond donors (Lipinski definition) is 1. The van der Waals surface area contributed by atoms with Crippen molar-refractivity contribution in [3.8, 4) is 17.3 Å². The molecule has 0 unspecified atom stereocenters. The fourth-order valence-electron chi connectivity index (χ4n) is 2.38. The first-order valence-electron chi connectivity index (χ1n) is 7.73. The monoisotopic (exact) mass is 355 g/mol. The normalized spacial score (nSPS) is 11.8. The van der Waals surface area contributed by atoms with Crippen molar-refractivity contribution in [1.29, 1.82) is 5.26 Å². The van der Waals surface area contributed by atoms with Crippen LogP contribution in [0.2, 0.25) is 0 Å². The molecule has 0 amide bonds. The molecule has 0 aliphatic carbocycles. The Morgan fingerprint density at radius 3 is 2.84 bits per heavy atom. The lowest BCUT2D eigenvalue weighted by Gasteiger charge is -2.11. The first-order chi connectivity index (χ1) is 11.9. The second-order valence-corrected chi connectivity index (χ2v) is 8.17. The molecular formula is C17H17N5O2S. The number of sulfonamides is 1. The molecular weight excluding hydrogens is 338 g/mol. The molecule has 0 saturated heterocycles. The van der Waals surface area contributed by atoms with Gasteiger partial charge < -0.3 is 0 Å². The summed E-state index contributed by atoms with van der Waals surface area (Å²) >= 11 is 0. The van der Waals surface area contributed by atoms with Gasteiger partial charge in [-0.25, -0.2) is 22.6 Å². The highest BCUT2D eigenvalue weighted by molar-refractivity contribution is 7.90. The molecule has 0 atom stereocenters. The fourth-order valence-corrected chi connectivity index (χ4v) is 3.08. The summed E-state index contributed by atoms with van der Waals surface area (Å²) < 4.78 is 28.0. The molecule has 0 bridgehead atoms. The molecule has 25 heavy (non-hydrogen) atoms. The van der Waals surface area contributed by atoms with Gasteiger partial charge in [0.25, 0.3) is 0 Å². The van der Waals surface area contributed by atoms with Crippen LogP contribution in [-0.2, 0) is 16.6 Å². The summed E-state index contributed by atoms with van der Waals surface area (Å²) in [6.45, 7) is 3.49. The van der Waals surface area contributed by atoms with E-state index in [0.29, 0.717) is 11.2 Å². The topological polar surface area (TPSA) is 100 Å². The number of nitrogens with one attached hydrogen (secondary N) is 1. The standard InChI is InChI=1S/C17H17N5O2S/c1-12(2)25(23,24)21-10-13-4-3-5-14(8-13)16-6-7-19-17-15(9-18)11-20-22(16)17/h3-8,11-12,21H,10H2,1-2H3.